The van der Waals surface area contributed by atoms with Crippen molar-refractivity contribution in [1.29, 1.82) is 0 Å². The van der Waals surface area contributed by atoms with Crippen LogP contribution in [0.25, 0.3) is 0 Å². The van der Waals surface area contributed by atoms with E-state index in [2.05, 4.69) is 0 Å². The quantitative estimate of drug-likeness (QED) is 0.125. The van der Waals surface area contributed by atoms with Crippen molar-refractivity contribution < 1.29 is 28.3 Å². The lowest BCUT2D eigenvalue weighted by Crippen LogP contribution is -2.07. The van der Waals surface area contributed by atoms with Crippen LogP contribution >= 0.6 is 78.2 Å². The van der Waals surface area contributed by atoms with Crippen LogP contribution in [-0.4, -0.2) is 14.8 Å². The largest absolute Gasteiger partial charge is 0.531 e. The predicted octanol–water partition coefficient (Wildman–Crippen LogP) is 9.10. The molecule has 0 amide bonds. The van der Waals surface area contributed by atoms with Crippen molar-refractivity contribution in [1.82, 2.24) is 0 Å². The summed E-state index contributed by atoms with van der Waals surface area (Å²) in [5.41, 5.74) is -2.23. The SMILES string of the molecule is O=[N+]([O-])c1cc(Cl)cc(Cl)c1OP(Oc1c(Cl)cc(Cl)cc1[N+](=O)[O-])Oc1c(Cl)cc(Cl)cc1[N+](=O)[O-]. The van der Waals surface area contributed by atoms with Crippen molar-refractivity contribution in [3.8, 4) is 17.2 Å². The summed E-state index contributed by atoms with van der Waals surface area (Å²) in [7, 11) is -3.09. The Labute approximate surface area is 236 Å². The van der Waals surface area contributed by atoms with Gasteiger partial charge in [-0.25, -0.2) is 0 Å². The standard InChI is InChI=1S/C18H6Cl6N3O9P/c19-7-1-10(22)16(13(4-7)25(28)29)34-37(35-17-11(23)2-8(20)5-14(17)26(30)31)36-18-12(24)3-9(21)6-15(18)27(32)33/h1-6H. The fraction of sp³-hybridized carbons (Fsp3) is 0. The number of nitro groups is 3. The maximum Gasteiger partial charge on any atom is 0.531 e. The molecule has 37 heavy (non-hydrogen) atoms. The van der Waals surface area contributed by atoms with Crippen LogP contribution in [0.2, 0.25) is 30.1 Å². The van der Waals surface area contributed by atoms with Crippen LogP contribution in [0, 0.1) is 30.3 Å². The summed E-state index contributed by atoms with van der Waals surface area (Å²) >= 11 is 35.7. The third-order valence-electron chi connectivity index (χ3n) is 4.05. The molecule has 0 unspecified atom stereocenters. The Morgan fingerprint density at radius 3 is 0.973 bits per heavy atom. The van der Waals surface area contributed by atoms with Crippen LogP contribution in [0.4, 0.5) is 17.1 Å². The molecule has 0 N–H and O–H groups in total. The van der Waals surface area contributed by atoms with Gasteiger partial charge >= 0.3 is 25.7 Å². The number of hydrogen-bond donors (Lipinski definition) is 0. The van der Waals surface area contributed by atoms with Crippen LogP contribution in [0.5, 0.6) is 17.2 Å². The lowest BCUT2D eigenvalue weighted by molar-refractivity contribution is -0.385. The summed E-state index contributed by atoms with van der Waals surface area (Å²) in [4.78, 5) is 32.1. The first-order valence-corrected chi connectivity index (χ1v) is 12.4. The first-order chi connectivity index (χ1) is 17.3. The highest BCUT2D eigenvalue weighted by Gasteiger charge is 2.35. The van der Waals surface area contributed by atoms with E-state index >= 15 is 0 Å². The number of rotatable bonds is 9. The van der Waals surface area contributed by atoms with E-state index in [1.807, 2.05) is 0 Å². The van der Waals surface area contributed by atoms with Crippen molar-refractivity contribution >= 4 is 95.3 Å². The first kappa shape index (κ1) is 29.0. The summed E-state index contributed by atoms with van der Waals surface area (Å²) in [6.45, 7) is 0. The topological polar surface area (TPSA) is 157 Å². The molecule has 3 rings (SSSR count). The average molecular weight is 652 g/mol. The van der Waals surface area contributed by atoms with Crippen molar-refractivity contribution in [2.45, 2.75) is 0 Å². The molecule has 0 heterocycles. The molecule has 19 heteroatoms. The van der Waals surface area contributed by atoms with Gasteiger partial charge in [0.2, 0.25) is 17.2 Å². The number of halogens is 6. The molecule has 0 aliphatic rings. The van der Waals surface area contributed by atoms with Crippen molar-refractivity contribution in [2.75, 3.05) is 0 Å². The molecular formula is C18H6Cl6N3O9P. The highest BCUT2D eigenvalue weighted by atomic mass is 35.5. The smallest absolute Gasteiger partial charge is 0.399 e. The van der Waals surface area contributed by atoms with Crippen molar-refractivity contribution in [3.05, 3.63) is 96.9 Å². The molecule has 194 valence electrons. The molecule has 0 bridgehead atoms. The Morgan fingerprint density at radius 1 is 0.514 bits per heavy atom. The van der Waals surface area contributed by atoms with Crippen LogP contribution in [0.15, 0.2) is 36.4 Å². The van der Waals surface area contributed by atoms with Gasteiger partial charge in [-0.2, -0.15) is 0 Å². The third kappa shape index (κ3) is 6.85. The Hall–Kier alpha value is -2.57. The second-order valence-corrected chi connectivity index (χ2v) is 10.0. The number of hydrogen-bond acceptors (Lipinski definition) is 9. The van der Waals surface area contributed by atoms with Gasteiger partial charge in [0, 0.05) is 33.3 Å². The fourth-order valence-corrected chi connectivity index (χ4v) is 5.46. The van der Waals surface area contributed by atoms with E-state index in [9.17, 15) is 30.3 Å². The van der Waals surface area contributed by atoms with E-state index in [1.54, 1.807) is 0 Å². The molecule has 12 nitrogen and oxygen atoms in total. The van der Waals surface area contributed by atoms with E-state index in [-0.39, 0.29) is 30.1 Å². The summed E-state index contributed by atoms with van der Waals surface area (Å²) in [6, 6.07) is 5.96. The number of nitro benzene ring substituents is 3. The number of benzene rings is 3. The molecule has 3 aromatic rings. The molecule has 0 saturated heterocycles. The molecule has 0 aliphatic carbocycles. The molecule has 0 radical (unpaired) electrons. The molecule has 0 fully saturated rings. The summed E-state index contributed by atoms with van der Waals surface area (Å²) in [6.07, 6.45) is 0. The minimum absolute atomic E-state index is 0.122. The summed E-state index contributed by atoms with van der Waals surface area (Å²) in [5, 5.41) is 33.2. The summed E-state index contributed by atoms with van der Waals surface area (Å²) in [5.74, 6) is -1.91. The van der Waals surface area contributed by atoms with Gasteiger partial charge in [-0.15, -0.1) is 0 Å². The van der Waals surface area contributed by atoms with Gasteiger partial charge in [-0.05, 0) is 18.2 Å². The van der Waals surface area contributed by atoms with Gasteiger partial charge in [0.1, 0.15) is 0 Å². The van der Waals surface area contributed by atoms with Gasteiger partial charge in [0.25, 0.3) is 0 Å². The monoisotopic (exact) mass is 649 g/mol. The maximum absolute atomic E-state index is 11.6. The zero-order valence-corrected chi connectivity index (χ0v) is 22.6. The van der Waals surface area contributed by atoms with E-state index < -0.39 is 57.7 Å². The Bertz CT molecular complexity index is 1270. The van der Waals surface area contributed by atoms with Crippen LogP contribution in [-0.2, 0) is 0 Å². The Balaban J connectivity index is 2.19. The van der Waals surface area contributed by atoms with Gasteiger partial charge in [0.05, 0.1) is 29.8 Å². The van der Waals surface area contributed by atoms with Crippen molar-refractivity contribution in [3.63, 3.8) is 0 Å². The molecule has 0 spiro atoms. The Kier molecular flexibility index (Phi) is 9.30. The zero-order chi connectivity index (χ0) is 27.6. The molecule has 3 aromatic carbocycles. The molecule has 0 aromatic heterocycles. The van der Waals surface area contributed by atoms with Gasteiger partial charge in [-0.1, -0.05) is 69.6 Å². The normalized spacial score (nSPS) is 10.8. The lowest BCUT2D eigenvalue weighted by Gasteiger charge is -2.19. The van der Waals surface area contributed by atoms with E-state index in [0.29, 0.717) is 0 Å². The van der Waals surface area contributed by atoms with Gasteiger partial charge in [-0.3, -0.25) is 30.3 Å². The first-order valence-electron chi connectivity index (χ1n) is 9.02. The highest BCUT2D eigenvalue weighted by Crippen LogP contribution is 2.54. The second-order valence-electron chi connectivity index (χ2n) is 6.48. The van der Waals surface area contributed by atoms with Crippen LogP contribution in [0.3, 0.4) is 0 Å². The summed E-state index contributed by atoms with van der Waals surface area (Å²) < 4.78 is 16.5. The maximum atomic E-state index is 11.6. The zero-order valence-electron chi connectivity index (χ0n) is 17.2. The van der Waals surface area contributed by atoms with Crippen LogP contribution < -0.4 is 13.6 Å². The average Bonchev–Trinajstić information content (AvgIpc) is 2.77. The third-order valence-corrected chi connectivity index (χ3v) is 6.55. The number of nitrogens with zero attached hydrogens (tertiary/aromatic N) is 3. The van der Waals surface area contributed by atoms with E-state index in [4.69, 9.17) is 83.2 Å². The lowest BCUT2D eigenvalue weighted by atomic mass is 10.3. The minimum Gasteiger partial charge on any atom is -0.399 e. The van der Waals surface area contributed by atoms with E-state index in [1.165, 1.54) is 0 Å². The molecule has 0 aliphatic heterocycles. The molecule has 0 atom stereocenters. The van der Waals surface area contributed by atoms with Crippen molar-refractivity contribution in [2.24, 2.45) is 0 Å². The molecular weight excluding hydrogens is 646 g/mol. The second kappa shape index (κ2) is 11.9. The highest BCUT2D eigenvalue weighted by molar-refractivity contribution is 7.43. The van der Waals surface area contributed by atoms with Crippen LogP contribution in [0.1, 0.15) is 0 Å². The van der Waals surface area contributed by atoms with E-state index in [0.717, 1.165) is 36.4 Å². The van der Waals surface area contributed by atoms with Gasteiger partial charge in [0.15, 0.2) is 0 Å². The van der Waals surface area contributed by atoms with Gasteiger partial charge < -0.3 is 13.6 Å². The molecule has 0 saturated carbocycles. The minimum atomic E-state index is -3.09. The predicted molar refractivity (Wildman–Crippen MR) is 138 cm³/mol. The Morgan fingerprint density at radius 2 is 0.757 bits per heavy atom. The fourth-order valence-electron chi connectivity index (χ4n) is 2.60.